The van der Waals surface area contributed by atoms with E-state index in [1.807, 2.05) is 0 Å². The normalized spacial score (nSPS) is 11.1. The number of nitro groups is 1. The van der Waals surface area contributed by atoms with Crippen molar-refractivity contribution in [1.29, 1.82) is 0 Å². The SMILES string of the molecule is Cc1cc([N+](=O)[O-])cc(Cl)c1NCC(=O)NCC(F)(F)F. The van der Waals surface area contributed by atoms with Gasteiger partial charge in [-0.3, -0.25) is 14.9 Å². The highest BCUT2D eigenvalue weighted by molar-refractivity contribution is 6.33. The molecule has 0 saturated heterocycles. The maximum absolute atomic E-state index is 11.9. The van der Waals surface area contributed by atoms with Crippen LogP contribution < -0.4 is 10.6 Å². The summed E-state index contributed by atoms with van der Waals surface area (Å²) in [5.41, 5.74) is 0.437. The Morgan fingerprint density at radius 3 is 2.52 bits per heavy atom. The van der Waals surface area contributed by atoms with Crippen LogP contribution in [-0.4, -0.2) is 30.1 Å². The molecule has 0 radical (unpaired) electrons. The van der Waals surface area contributed by atoms with Gasteiger partial charge in [-0.15, -0.1) is 0 Å². The molecule has 1 rings (SSSR count). The second-order valence-electron chi connectivity index (χ2n) is 4.12. The lowest BCUT2D eigenvalue weighted by Gasteiger charge is -2.12. The van der Waals surface area contributed by atoms with Crippen molar-refractivity contribution >= 4 is 28.9 Å². The lowest BCUT2D eigenvalue weighted by molar-refractivity contribution is -0.384. The molecule has 6 nitrogen and oxygen atoms in total. The van der Waals surface area contributed by atoms with Gasteiger partial charge in [-0.1, -0.05) is 11.6 Å². The minimum atomic E-state index is -4.49. The fraction of sp³-hybridized carbons (Fsp3) is 0.364. The smallest absolute Gasteiger partial charge is 0.375 e. The number of halogens is 4. The second kappa shape index (κ2) is 6.61. The van der Waals surface area contributed by atoms with Gasteiger partial charge in [-0.05, 0) is 12.5 Å². The maximum Gasteiger partial charge on any atom is 0.405 e. The van der Waals surface area contributed by atoms with Gasteiger partial charge in [-0.2, -0.15) is 13.2 Å². The predicted octanol–water partition coefficient (Wildman–Crippen LogP) is 2.65. The van der Waals surface area contributed by atoms with Crippen molar-refractivity contribution in [1.82, 2.24) is 5.32 Å². The van der Waals surface area contributed by atoms with Gasteiger partial charge in [0.15, 0.2) is 0 Å². The number of alkyl halides is 3. The summed E-state index contributed by atoms with van der Waals surface area (Å²) in [6.07, 6.45) is -4.49. The quantitative estimate of drug-likeness (QED) is 0.644. The molecule has 0 bridgehead atoms. The largest absolute Gasteiger partial charge is 0.405 e. The summed E-state index contributed by atoms with van der Waals surface area (Å²) in [5.74, 6) is -0.874. The summed E-state index contributed by atoms with van der Waals surface area (Å²) in [6.45, 7) is -0.343. The van der Waals surface area contributed by atoms with Crippen LogP contribution in [0.5, 0.6) is 0 Å². The van der Waals surface area contributed by atoms with Crippen LogP contribution in [0.25, 0.3) is 0 Å². The lowest BCUT2D eigenvalue weighted by atomic mass is 10.1. The van der Waals surface area contributed by atoms with E-state index in [9.17, 15) is 28.1 Å². The number of hydrogen-bond donors (Lipinski definition) is 2. The molecule has 0 heterocycles. The van der Waals surface area contributed by atoms with E-state index < -0.39 is 30.1 Å². The van der Waals surface area contributed by atoms with Crippen LogP contribution >= 0.6 is 11.6 Å². The van der Waals surface area contributed by atoms with Crippen molar-refractivity contribution in [2.45, 2.75) is 13.1 Å². The Bertz CT molecular complexity index is 540. The minimum Gasteiger partial charge on any atom is -0.375 e. The molecule has 21 heavy (non-hydrogen) atoms. The molecule has 10 heteroatoms. The number of rotatable bonds is 5. The highest BCUT2D eigenvalue weighted by atomic mass is 35.5. The van der Waals surface area contributed by atoms with E-state index in [2.05, 4.69) is 5.32 Å². The number of non-ortho nitro benzene ring substituents is 1. The van der Waals surface area contributed by atoms with E-state index >= 15 is 0 Å². The highest BCUT2D eigenvalue weighted by Crippen LogP contribution is 2.30. The standard InChI is InChI=1S/C11H11ClF3N3O3/c1-6-2-7(18(20)21)3-8(12)10(6)16-4-9(19)17-5-11(13,14)15/h2-3,16H,4-5H2,1H3,(H,17,19). The molecule has 0 fully saturated rings. The first-order chi connectivity index (χ1) is 9.60. The van der Waals surface area contributed by atoms with Crippen LogP contribution in [-0.2, 0) is 4.79 Å². The molecule has 0 atom stereocenters. The Hall–Kier alpha value is -2.03. The third kappa shape index (κ3) is 5.46. The zero-order valence-electron chi connectivity index (χ0n) is 10.8. The number of hydrogen-bond acceptors (Lipinski definition) is 4. The van der Waals surface area contributed by atoms with Crippen LogP contribution in [0.15, 0.2) is 12.1 Å². The van der Waals surface area contributed by atoms with Gasteiger partial charge < -0.3 is 10.6 Å². The first-order valence-corrected chi connectivity index (χ1v) is 6.00. The van der Waals surface area contributed by atoms with Crippen LogP contribution in [0, 0.1) is 17.0 Å². The van der Waals surface area contributed by atoms with Gasteiger partial charge in [0.2, 0.25) is 5.91 Å². The Morgan fingerprint density at radius 1 is 1.43 bits per heavy atom. The molecule has 1 aromatic carbocycles. The third-order valence-corrected chi connectivity index (χ3v) is 2.69. The molecule has 116 valence electrons. The fourth-order valence-electron chi connectivity index (χ4n) is 1.49. The molecule has 0 saturated carbocycles. The Morgan fingerprint density at radius 2 is 2.05 bits per heavy atom. The van der Waals surface area contributed by atoms with Gasteiger partial charge in [-0.25, -0.2) is 0 Å². The summed E-state index contributed by atoms with van der Waals surface area (Å²) in [5, 5.41) is 14.9. The second-order valence-corrected chi connectivity index (χ2v) is 4.53. The molecular weight excluding hydrogens is 315 g/mol. The number of benzene rings is 1. The number of carbonyl (C=O) groups excluding carboxylic acids is 1. The summed E-state index contributed by atoms with van der Waals surface area (Å²) in [6, 6.07) is 2.33. The number of anilines is 1. The molecule has 0 aromatic heterocycles. The van der Waals surface area contributed by atoms with Crippen molar-refractivity contribution in [3.8, 4) is 0 Å². The number of amides is 1. The van der Waals surface area contributed by atoms with Gasteiger partial charge in [0.05, 0.1) is 22.2 Å². The number of nitrogens with zero attached hydrogens (tertiary/aromatic N) is 1. The number of nitro benzene ring substituents is 1. The van der Waals surface area contributed by atoms with Crippen LogP contribution in [0.2, 0.25) is 5.02 Å². The highest BCUT2D eigenvalue weighted by Gasteiger charge is 2.27. The maximum atomic E-state index is 11.9. The van der Waals surface area contributed by atoms with Gasteiger partial charge in [0.25, 0.3) is 5.69 Å². The number of aryl methyl sites for hydroxylation is 1. The van der Waals surface area contributed by atoms with Gasteiger partial charge >= 0.3 is 6.18 Å². The molecule has 2 N–H and O–H groups in total. The van der Waals surface area contributed by atoms with Crippen molar-refractivity contribution < 1.29 is 22.9 Å². The Labute approximate surface area is 122 Å². The van der Waals surface area contributed by atoms with E-state index in [4.69, 9.17) is 11.6 Å². The van der Waals surface area contributed by atoms with Crippen molar-refractivity contribution in [2.75, 3.05) is 18.4 Å². The average molecular weight is 326 g/mol. The fourth-order valence-corrected chi connectivity index (χ4v) is 1.81. The first kappa shape index (κ1) is 17.0. The molecule has 0 unspecified atom stereocenters. The van der Waals surface area contributed by atoms with Gasteiger partial charge in [0.1, 0.15) is 6.54 Å². The summed E-state index contributed by atoms with van der Waals surface area (Å²) in [4.78, 5) is 21.2. The number of carbonyl (C=O) groups is 1. The lowest BCUT2D eigenvalue weighted by Crippen LogP contribution is -2.37. The van der Waals surface area contributed by atoms with Crippen molar-refractivity contribution in [2.24, 2.45) is 0 Å². The Kier molecular flexibility index (Phi) is 5.36. The van der Waals surface area contributed by atoms with Crippen LogP contribution in [0.3, 0.4) is 0 Å². The van der Waals surface area contributed by atoms with E-state index in [-0.39, 0.29) is 16.4 Å². The zero-order valence-corrected chi connectivity index (χ0v) is 11.5. The van der Waals surface area contributed by atoms with Crippen LogP contribution in [0.1, 0.15) is 5.56 Å². The van der Waals surface area contributed by atoms with E-state index in [0.717, 1.165) is 6.07 Å². The summed E-state index contributed by atoms with van der Waals surface area (Å²) < 4.78 is 35.7. The van der Waals surface area contributed by atoms with Crippen LogP contribution in [0.4, 0.5) is 24.5 Å². The Balaban J connectivity index is 2.68. The molecule has 0 aliphatic heterocycles. The van der Waals surface area contributed by atoms with Gasteiger partial charge in [0, 0.05) is 12.1 Å². The molecule has 1 aromatic rings. The third-order valence-electron chi connectivity index (χ3n) is 2.39. The first-order valence-electron chi connectivity index (χ1n) is 5.62. The van der Waals surface area contributed by atoms with Crippen molar-refractivity contribution in [3.05, 3.63) is 32.8 Å². The number of nitrogens with one attached hydrogen (secondary N) is 2. The summed E-state index contributed by atoms with van der Waals surface area (Å²) in [7, 11) is 0. The average Bonchev–Trinajstić information content (AvgIpc) is 2.34. The summed E-state index contributed by atoms with van der Waals surface area (Å²) >= 11 is 5.83. The molecule has 0 aliphatic carbocycles. The van der Waals surface area contributed by atoms with Crippen molar-refractivity contribution in [3.63, 3.8) is 0 Å². The predicted molar refractivity (Wildman–Crippen MR) is 70.4 cm³/mol. The van der Waals surface area contributed by atoms with E-state index in [0.29, 0.717) is 5.56 Å². The monoisotopic (exact) mass is 325 g/mol. The van der Waals surface area contributed by atoms with E-state index in [1.54, 1.807) is 5.32 Å². The molecule has 0 aliphatic rings. The molecule has 1 amide bonds. The topological polar surface area (TPSA) is 84.3 Å². The minimum absolute atomic E-state index is 0.00493. The zero-order chi connectivity index (χ0) is 16.2. The molecular formula is C11H11ClF3N3O3. The molecule has 0 spiro atoms. The van der Waals surface area contributed by atoms with E-state index in [1.165, 1.54) is 13.0 Å².